The molecule has 7 heteroatoms. The van der Waals surface area contributed by atoms with Crippen molar-refractivity contribution in [2.75, 3.05) is 18.9 Å². The number of rotatable bonds is 5. The molecule has 0 spiro atoms. The van der Waals surface area contributed by atoms with E-state index in [1.807, 2.05) is 6.07 Å². The third kappa shape index (κ3) is 2.47. The van der Waals surface area contributed by atoms with Gasteiger partial charge < -0.3 is 21.3 Å². The van der Waals surface area contributed by atoms with Crippen LogP contribution in [0.2, 0.25) is 0 Å². The van der Waals surface area contributed by atoms with Gasteiger partial charge in [-0.1, -0.05) is 6.92 Å². The molecule has 0 aliphatic carbocycles. The lowest BCUT2D eigenvalue weighted by Crippen LogP contribution is -2.53. The van der Waals surface area contributed by atoms with Gasteiger partial charge in [0.25, 0.3) is 5.91 Å². The Morgan fingerprint density at radius 3 is 2.75 bits per heavy atom. The van der Waals surface area contributed by atoms with E-state index in [1.165, 1.54) is 11.3 Å². The molecule has 0 aliphatic rings. The zero-order valence-electron chi connectivity index (χ0n) is 11.1. The molecule has 0 atom stereocenters. The average molecular weight is 295 g/mol. The molecule has 0 radical (unpaired) electrons. The molecule has 2 rings (SSSR count). The van der Waals surface area contributed by atoms with Crippen molar-refractivity contribution < 1.29 is 15.0 Å². The van der Waals surface area contributed by atoms with Crippen LogP contribution >= 0.6 is 11.3 Å². The summed E-state index contributed by atoms with van der Waals surface area (Å²) < 4.78 is 0.824. The van der Waals surface area contributed by atoms with Crippen molar-refractivity contribution in [3.8, 4) is 0 Å². The lowest BCUT2D eigenvalue weighted by atomic mass is 9.98. The predicted molar refractivity (Wildman–Crippen MR) is 78.7 cm³/mol. The summed E-state index contributed by atoms with van der Waals surface area (Å²) in [5.41, 5.74) is 5.83. The Bertz CT molecular complexity index is 614. The SMILES string of the molecule is CCC(CO)(CO)NC(=O)c1sc2cccnc2c1N. The van der Waals surface area contributed by atoms with Crippen LogP contribution in [0.1, 0.15) is 23.0 Å². The number of hydrogen-bond acceptors (Lipinski definition) is 6. The van der Waals surface area contributed by atoms with Crippen molar-refractivity contribution >= 4 is 33.1 Å². The van der Waals surface area contributed by atoms with Crippen molar-refractivity contribution in [2.45, 2.75) is 18.9 Å². The average Bonchev–Trinajstić information content (AvgIpc) is 2.83. The molecule has 2 aromatic rings. The predicted octanol–water partition coefficient (Wildman–Crippen LogP) is 0.742. The summed E-state index contributed by atoms with van der Waals surface area (Å²) in [5.74, 6) is -0.407. The zero-order valence-corrected chi connectivity index (χ0v) is 11.9. The molecule has 0 unspecified atom stereocenters. The fourth-order valence-electron chi connectivity index (χ4n) is 1.85. The Morgan fingerprint density at radius 2 is 2.20 bits per heavy atom. The number of nitrogens with two attached hydrogens (primary N) is 1. The molecule has 5 N–H and O–H groups in total. The molecule has 6 nitrogen and oxygen atoms in total. The highest BCUT2D eigenvalue weighted by atomic mass is 32.1. The molecule has 0 aromatic carbocycles. The van der Waals surface area contributed by atoms with E-state index in [0.717, 1.165) is 4.70 Å². The molecule has 20 heavy (non-hydrogen) atoms. The zero-order chi connectivity index (χ0) is 14.8. The Balaban J connectivity index is 2.34. The van der Waals surface area contributed by atoms with Gasteiger partial charge in [0.2, 0.25) is 0 Å². The minimum Gasteiger partial charge on any atom is -0.396 e. The quantitative estimate of drug-likeness (QED) is 0.650. The van der Waals surface area contributed by atoms with E-state index in [1.54, 1.807) is 19.2 Å². The van der Waals surface area contributed by atoms with Crippen LogP contribution < -0.4 is 11.1 Å². The second-order valence-corrected chi connectivity index (χ2v) is 5.65. The highest BCUT2D eigenvalue weighted by Crippen LogP contribution is 2.32. The van der Waals surface area contributed by atoms with Gasteiger partial charge in [0.1, 0.15) is 10.4 Å². The lowest BCUT2D eigenvalue weighted by Gasteiger charge is -2.29. The molecule has 0 bridgehead atoms. The monoisotopic (exact) mass is 295 g/mol. The third-order valence-corrected chi connectivity index (χ3v) is 4.51. The van der Waals surface area contributed by atoms with Crippen molar-refractivity contribution in [3.05, 3.63) is 23.2 Å². The van der Waals surface area contributed by atoms with Crippen LogP contribution in [0.25, 0.3) is 10.2 Å². The van der Waals surface area contributed by atoms with Gasteiger partial charge in [-0.3, -0.25) is 9.78 Å². The number of thiophene rings is 1. The first-order valence-corrected chi connectivity index (χ1v) is 7.05. The van der Waals surface area contributed by atoms with Crippen LogP contribution in [-0.4, -0.2) is 39.9 Å². The Morgan fingerprint density at radius 1 is 1.50 bits per heavy atom. The molecular formula is C13H17N3O3S. The number of pyridine rings is 1. The molecule has 2 aromatic heterocycles. The number of carbonyl (C=O) groups excluding carboxylic acids is 1. The summed E-state index contributed by atoms with van der Waals surface area (Å²) in [4.78, 5) is 16.8. The largest absolute Gasteiger partial charge is 0.396 e. The highest BCUT2D eigenvalue weighted by molar-refractivity contribution is 7.21. The Hall–Kier alpha value is -1.70. The number of aromatic nitrogens is 1. The number of hydrogen-bond donors (Lipinski definition) is 4. The summed E-state index contributed by atoms with van der Waals surface area (Å²) in [6.45, 7) is 1.10. The molecule has 0 saturated carbocycles. The van der Waals surface area contributed by atoms with E-state index >= 15 is 0 Å². The molecule has 108 valence electrons. The minimum absolute atomic E-state index is 0.323. The van der Waals surface area contributed by atoms with E-state index < -0.39 is 11.4 Å². The third-order valence-electron chi connectivity index (χ3n) is 3.35. The van der Waals surface area contributed by atoms with Gasteiger partial charge >= 0.3 is 0 Å². The first-order valence-electron chi connectivity index (χ1n) is 6.24. The number of nitrogens with one attached hydrogen (secondary N) is 1. The fourth-order valence-corrected chi connectivity index (χ4v) is 2.83. The van der Waals surface area contributed by atoms with Gasteiger partial charge in [-0.2, -0.15) is 0 Å². The van der Waals surface area contributed by atoms with Gasteiger partial charge in [-0.15, -0.1) is 11.3 Å². The summed E-state index contributed by atoms with van der Waals surface area (Å²) in [6.07, 6.45) is 2.03. The van der Waals surface area contributed by atoms with Crippen molar-refractivity contribution in [2.24, 2.45) is 0 Å². The van der Waals surface area contributed by atoms with E-state index in [2.05, 4.69) is 10.3 Å². The topological polar surface area (TPSA) is 108 Å². The van der Waals surface area contributed by atoms with Crippen LogP contribution in [0.3, 0.4) is 0 Å². The molecule has 0 aliphatic heterocycles. The van der Waals surface area contributed by atoms with Crippen molar-refractivity contribution in [3.63, 3.8) is 0 Å². The molecule has 0 fully saturated rings. The van der Waals surface area contributed by atoms with Gasteiger partial charge in [0.05, 0.1) is 29.1 Å². The second kappa shape index (κ2) is 5.74. The normalized spacial score (nSPS) is 11.8. The number of nitrogens with zero attached hydrogens (tertiary/aromatic N) is 1. The standard InChI is InChI=1S/C13H17N3O3S/c1-2-13(6-17,7-18)16-12(19)11-9(14)10-8(20-11)4-3-5-15-10/h3-5,17-18H,2,6-7,14H2,1H3,(H,16,19). The molecule has 1 amide bonds. The van der Waals surface area contributed by atoms with E-state index in [0.29, 0.717) is 22.5 Å². The summed E-state index contributed by atoms with van der Waals surface area (Å²) in [7, 11) is 0. The molecular weight excluding hydrogens is 278 g/mol. The number of aliphatic hydroxyl groups is 2. The first kappa shape index (κ1) is 14.7. The van der Waals surface area contributed by atoms with Crippen LogP contribution in [-0.2, 0) is 0 Å². The van der Waals surface area contributed by atoms with E-state index in [-0.39, 0.29) is 13.2 Å². The number of nitrogen functional groups attached to an aromatic ring is 1. The highest BCUT2D eigenvalue weighted by Gasteiger charge is 2.30. The number of aliphatic hydroxyl groups excluding tert-OH is 2. The first-order chi connectivity index (χ1) is 9.56. The van der Waals surface area contributed by atoms with Crippen LogP contribution in [0.4, 0.5) is 5.69 Å². The summed E-state index contributed by atoms with van der Waals surface area (Å²) in [5, 5.41) is 21.4. The maximum absolute atomic E-state index is 12.3. The lowest BCUT2D eigenvalue weighted by molar-refractivity contribution is 0.0657. The Labute approximate surface area is 120 Å². The maximum Gasteiger partial charge on any atom is 0.264 e. The summed E-state index contributed by atoms with van der Waals surface area (Å²) >= 11 is 1.24. The van der Waals surface area contributed by atoms with Gasteiger partial charge in [0.15, 0.2) is 0 Å². The number of carbonyl (C=O) groups is 1. The number of fused-ring (bicyclic) bond motifs is 1. The maximum atomic E-state index is 12.3. The van der Waals surface area contributed by atoms with Gasteiger partial charge in [-0.25, -0.2) is 0 Å². The number of anilines is 1. The smallest absolute Gasteiger partial charge is 0.264 e. The molecule has 0 saturated heterocycles. The van der Waals surface area contributed by atoms with Crippen molar-refractivity contribution in [1.29, 1.82) is 0 Å². The van der Waals surface area contributed by atoms with E-state index in [9.17, 15) is 15.0 Å². The van der Waals surface area contributed by atoms with Crippen molar-refractivity contribution in [1.82, 2.24) is 10.3 Å². The van der Waals surface area contributed by atoms with Crippen LogP contribution in [0.15, 0.2) is 18.3 Å². The number of amides is 1. The molecule has 2 heterocycles. The Kier molecular flexibility index (Phi) is 4.22. The van der Waals surface area contributed by atoms with Gasteiger partial charge in [0, 0.05) is 6.20 Å². The van der Waals surface area contributed by atoms with Crippen LogP contribution in [0, 0.1) is 0 Å². The van der Waals surface area contributed by atoms with E-state index in [4.69, 9.17) is 5.73 Å². The fraction of sp³-hybridized carbons (Fsp3) is 0.385. The van der Waals surface area contributed by atoms with Gasteiger partial charge in [-0.05, 0) is 18.6 Å². The van der Waals surface area contributed by atoms with Crippen LogP contribution in [0.5, 0.6) is 0 Å². The second-order valence-electron chi connectivity index (χ2n) is 4.60. The summed E-state index contributed by atoms with van der Waals surface area (Å²) in [6, 6.07) is 3.61. The minimum atomic E-state index is -1.03.